The van der Waals surface area contributed by atoms with Gasteiger partial charge in [-0.05, 0) is 36.0 Å². The number of carboxylic acids is 1. The normalized spacial score (nSPS) is 43.3. The van der Waals surface area contributed by atoms with E-state index in [0.29, 0.717) is 29.6 Å². The number of rotatable bonds is 3. The maximum Gasteiger partial charge on any atom is 0.328 e. The Hall–Kier alpha value is -1.35. The minimum absolute atomic E-state index is 0.220. The van der Waals surface area contributed by atoms with Crippen molar-refractivity contribution >= 4 is 5.97 Å². The van der Waals surface area contributed by atoms with E-state index < -0.39 is 5.97 Å². The average molecular weight is 290 g/mol. The van der Waals surface area contributed by atoms with E-state index in [1.807, 2.05) is 6.08 Å². The van der Waals surface area contributed by atoms with Crippen LogP contribution in [0.25, 0.3) is 0 Å². The van der Waals surface area contributed by atoms with Crippen LogP contribution in [-0.2, 0) is 4.79 Å². The molecule has 0 radical (unpaired) electrons. The molecule has 2 aliphatic carbocycles. The van der Waals surface area contributed by atoms with E-state index in [0.717, 1.165) is 12.5 Å². The largest absolute Gasteiger partial charge is 0.478 e. The number of allylic oxidation sites excluding steroid dienone is 4. The van der Waals surface area contributed by atoms with Crippen molar-refractivity contribution in [1.82, 2.24) is 0 Å². The molecule has 3 nitrogen and oxygen atoms in total. The molecule has 0 amide bonds. The first kappa shape index (κ1) is 16.0. The molecule has 0 aromatic carbocycles. The minimum atomic E-state index is -0.926. The minimum Gasteiger partial charge on any atom is -0.478 e. The van der Waals surface area contributed by atoms with Gasteiger partial charge in [0.2, 0.25) is 0 Å². The third kappa shape index (κ3) is 3.46. The molecular weight excluding hydrogens is 264 g/mol. The predicted molar refractivity (Wildman–Crippen MR) is 83.6 cm³/mol. The number of hydrogen-bond acceptors (Lipinski definition) is 2. The standard InChI is InChI=1S/C18H26O3/c1-11-8-9-15-17(12(2)10-13(3)18(15)21)14(11)6-4-5-7-16(19)20/h4-9,11-15,17-18,21H,10H2,1-3H3,(H,19,20). The SMILES string of the molecule is CC1C=CC2C(O)C(C)CC(C)C2C1C=CC=CC(=O)O. The molecule has 0 heterocycles. The zero-order valence-electron chi connectivity index (χ0n) is 13.0. The molecule has 7 atom stereocenters. The van der Waals surface area contributed by atoms with Gasteiger partial charge in [-0.1, -0.05) is 51.2 Å². The highest BCUT2D eigenvalue weighted by atomic mass is 16.4. The van der Waals surface area contributed by atoms with Gasteiger partial charge < -0.3 is 10.2 Å². The lowest BCUT2D eigenvalue weighted by Gasteiger charge is -2.48. The smallest absolute Gasteiger partial charge is 0.328 e. The molecule has 0 saturated heterocycles. The van der Waals surface area contributed by atoms with Crippen LogP contribution >= 0.6 is 0 Å². The van der Waals surface area contributed by atoms with Gasteiger partial charge in [-0.3, -0.25) is 0 Å². The predicted octanol–water partition coefficient (Wildman–Crippen LogP) is 3.27. The van der Waals surface area contributed by atoms with E-state index in [1.165, 1.54) is 0 Å². The van der Waals surface area contributed by atoms with Crippen LogP contribution in [0.4, 0.5) is 0 Å². The second-order valence-corrected chi connectivity index (χ2v) is 6.74. The lowest BCUT2D eigenvalue weighted by molar-refractivity contribution is -0.131. The van der Waals surface area contributed by atoms with E-state index >= 15 is 0 Å². The molecule has 116 valence electrons. The third-order valence-electron chi connectivity index (χ3n) is 5.19. The van der Waals surface area contributed by atoms with Gasteiger partial charge in [0, 0.05) is 12.0 Å². The summed E-state index contributed by atoms with van der Waals surface area (Å²) in [6.45, 7) is 6.60. The number of aliphatic carboxylic acids is 1. The van der Waals surface area contributed by atoms with Crippen molar-refractivity contribution in [3.05, 3.63) is 36.5 Å². The topological polar surface area (TPSA) is 57.5 Å². The Balaban J connectivity index is 2.20. The highest BCUT2D eigenvalue weighted by Gasteiger charge is 2.44. The van der Waals surface area contributed by atoms with Crippen LogP contribution in [0.3, 0.4) is 0 Å². The fourth-order valence-electron chi connectivity index (χ4n) is 4.16. The quantitative estimate of drug-likeness (QED) is 0.476. The summed E-state index contributed by atoms with van der Waals surface area (Å²) in [6, 6.07) is 0. The fourth-order valence-corrected chi connectivity index (χ4v) is 4.16. The van der Waals surface area contributed by atoms with Crippen molar-refractivity contribution in [2.24, 2.45) is 35.5 Å². The summed E-state index contributed by atoms with van der Waals surface area (Å²) in [5.41, 5.74) is 0. The van der Waals surface area contributed by atoms with Gasteiger partial charge in [0.25, 0.3) is 0 Å². The number of fused-ring (bicyclic) bond motifs is 1. The van der Waals surface area contributed by atoms with Gasteiger partial charge >= 0.3 is 5.97 Å². The lowest BCUT2D eigenvalue weighted by Crippen LogP contribution is -2.46. The van der Waals surface area contributed by atoms with Gasteiger partial charge in [-0.2, -0.15) is 0 Å². The molecule has 0 spiro atoms. The van der Waals surface area contributed by atoms with Crippen molar-refractivity contribution in [2.45, 2.75) is 33.3 Å². The molecule has 0 aromatic heterocycles. The van der Waals surface area contributed by atoms with E-state index in [1.54, 1.807) is 6.08 Å². The highest BCUT2D eigenvalue weighted by molar-refractivity contribution is 5.80. The molecule has 3 heteroatoms. The third-order valence-corrected chi connectivity index (χ3v) is 5.19. The summed E-state index contributed by atoms with van der Waals surface area (Å²) in [5.74, 6) is 1.42. The molecule has 0 aromatic rings. The van der Waals surface area contributed by atoms with Gasteiger partial charge in [0.15, 0.2) is 0 Å². The van der Waals surface area contributed by atoms with Crippen LogP contribution < -0.4 is 0 Å². The van der Waals surface area contributed by atoms with E-state index in [9.17, 15) is 9.90 Å². The molecule has 1 saturated carbocycles. The monoisotopic (exact) mass is 290 g/mol. The summed E-state index contributed by atoms with van der Waals surface area (Å²) in [5, 5.41) is 19.1. The van der Waals surface area contributed by atoms with Crippen LogP contribution in [0.2, 0.25) is 0 Å². The first-order valence-corrected chi connectivity index (χ1v) is 7.86. The number of aliphatic hydroxyl groups excluding tert-OH is 1. The number of carboxylic acid groups (broad SMARTS) is 1. The molecule has 0 bridgehead atoms. The first-order chi connectivity index (χ1) is 9.91. The Morgan fingerprint density at radius 2 is 1.86 bits per heavy atom. The van der Waals surface area contributed by atoms with Gasteiger partial charge in [-0.25, -0.2) is 4.79 Å². The van der Waals surface area contributed by atoms with Crippen LogP contribution in [-0.4, -0.2) is 22.3 Å². The van der Waals surface area contributed by atoms with Crippen molar-refractivity contribution in [3.63, 3.8) is 0 Å². The maximum absolute atomic E-state index is 10.5. The summed E-state index contributed by atoms with van der Waals surface area (Å²) in [7, 11) is 0. The van der Waals surface area contributed by atoms with Crippen molar-refractivity contribution in [1.29, 1.82) is 0 Å². The molecule has 0 aliphatic heterocycles. The second kappa shape index (κ2) is 6.61. The summed E-state index contributed by atoms with van der Waals surface area (Å²) in [6.07, 6.45) is 11.9. The van der Waals surface area contributed by atoms with Crippen LogP contribution in [0.15, 0.2) is 36.5 Å². The summed E-state index contributed by atoms with van der Waals surface area (Å²) >= 11 is 0. The number of hydrogen-bond donors (Lipinski definition) is 2. The van der Waals surface area contributed by atoms with Crippen LogP contribution in [0.1, 0.15) is 27.2 Å². The second-order valence-electron chi connectivity index (χ2n) is 6.74. The van der Waals surface area contributed by atoms with E-state index in [4.69, 9.17) is 5.11 Å². The number of carbonyl (C=O) groups is 1. The van der Waals surface area contributed by atoms with Gasteiger partial charge in [-0.15, -0.1) is 0 Å². The molecule has 2 N–H and O–H groups in total. The number of aliphatic hydroxyl groups is 1. The molecule has 7 unspecified atom stereocenters. The lowest BCUT2D eigenvalue weighted by atomic mass is 9.58. The Morgan fingerprint density at radius 1 is 1.14 bits per heavy atom. The highest BCUT2D eigenvalue weighted by Crippen LogP contribution is 2.48. The average Bonchev–Trinajstić information content (AvgIpc) is 2.42. The molecule has 1 fully saturated rings. The summed E-state index contributed by atoms with van der Waals surface area (Å²) < 4.78 is 0. The van der Waals surface area contributed by atoms with Crippen LogP contribution in [0, 0.1) is 35.5 Å². The Kier molecular flexibility index (Phi) is 5.04. The Morgan fingerprint density at radius 3 is 2.52 bits per heavy atom. The van der Waals surface area contributed by atoms with Crippen LogP contribution in [0.5, 0.6) is 0 Å². The van der Waals surface area contributed by atoms with E-state index in [2.05, 4.69) is 39.0 Å². The summed E-state index contributed by atoms with van der Waals surface area (Å²) in [4.78, 5) is 10.5. The zero-order chi connectivity index (χ0) is 15.6. The van der Waals surface area contributed by atoms with Crippen molar-refractivity contribution < 1.29 is 15.0 Å². The van der Waals surface area contributed by atoms with Crippen molar-refractivity contribution in [3.8, 4) is 0 Å². The first-order valence-electron chi connectivity index (χ1n) is 7.86. The molecular formula is C18H26O3. The fraction of sp³-hybridized carbons (Fsp3) is 0.611. The zero-order valence-corrected chi connectivity index (χ0v) is 13.0. The molecule has 21 heavy (non-hydrogen) atoms. The van der Waals surface area contributed by atoms with Crippen molar-refractivity contribution in [2.75, 3.05) is 0 Å². The molecule has 2 rings (SSSR count). The van der Waals surface area contributed by atoms with Gasteiger partial charge in [0.05, 0.1) is 6.10 Å². The van der Waals surface area contributed by atoms with Gasteiger partial charge in [0.1, 0.15) is 0 Å². The van der Waals surface area contributed by atoms with E-state index in [-0.39, 0.29) is 12.0 Å². The Bertz CT molecular complexity index is 463. The molecule has 2 aliphatic rings. The maximum atomic E-state index is 10.5. The Labute approximate surface area is 127 Å².